The highest BCUT2D eigenvalue weighted by Gasteiger charge is 2.38. The normalized spacial score (nSPS) is 18.1. The van der Waals surface area contributed by atoms with E-state index in [9.17, 15) is 4.79 Å². The first-order valence-electron chi connectivity index (χ1n) is 10.1. The van der Waals surface area contributed by atoms with Crippen molar-refractivity contribution in [2.24, 2.45) is 7.05 Å². The molecule has 1 aliphatic rings. The fourth-order valence-electron chi connectivity index (χ4n) is 4.61. The van der Waals surface area contributed by atoms with Crippen LogP contribution in [-0.2, 0) is 11.8 Å². The van der Waals surface area contributed by atoms with Crippen molar-refractivity contribution in [2.75, 3.05) is 7.11 Å². The minimum absolute atomic E-state index is 0.106. The summed E-state index contributed by atoms with van der Waals surface area (Å²) in [4.78, 5) is 14.9. The Balaban J connectivity index is 1.98. The average molecular weight is 377 g/mol. The maximum absolute atomic E-state index is 12.7. The molecule has 1 aliphatic heterocycles. The van der Waals surface area contributed by atoms with Gasteiger partial charge in [0.1, 0.15) is 5.75 Å². The minimum Gasteiger partial charge on any atom is -0.497 e. The van der Waals surface area contributed by atoms with Crippen LogP contribution in [0.3, 0.4) is 0 Å². The summed E-state index contributed by atoms with van der Waals surface area (Å²) in [6, 6.07) is 17.1. The maximum Gasteiger partial charge on any atom is 0.223 e. The molecule has 0 N–H and O–H groups in total. The highest BCUT2D eigenvalue weighted by atomic mass is 16.5. The van der Waals surface area contributed by atoms with E-state index in [1.54, 1.807) is 7.11 Å². The lowest BCUT2D eigenvalue weighted by Gasteiger charge is -2.31. The first kappa shape index (κ1) is 18.6. The number of nitrogens with zero attached hydrogens (tertiary/aromatic N) is 2. The number of ether oxygens (including phenoxy) is 1. The maximum atomic E-state index is 12.7. The number of amides is 1. The molecular formula is C24H28N2O2. The zero-order chi connectivity index (χ0) is 19.8. The number of rotatable bonds is 5. The lowest BCUT2D eigenvalue weighted by atomic mass is 9.96. The summed E-state index contributed by atoms with van der Waals surface area (Å²) in [5, 5.41) is 1.23. The van der Waals surface area contributed by atoms with E-state index < -0.39 is 0 Å². The van der Waals surface area contributed by atoms with E-state index in [0.717, 1.165) is 24.2 Å². The number of hydrogen-bond acceptors (Lipinski definition) is 2. The number of benzene rings is 2. The van der Waals surface area contributed by atoms with Gasteiger partial charge in [0.15, 0.2) is 0 Å². The quantitative estimate of drug-likeness (QED) is 0.604. The van der Waals surface area contributed by atoms with E-state index in [1.165, 1.54) is 22.2 Å². The molecule has 0 radical (unpaired) electrons. The molecule has 1 saturated heterocycles. The Kier molecular flexibility index (Phi) is 4.88. The molecular weight excluding hydrogens is 348 g/mol. The molecule has 2 unspecified atom stereocenters. The molecule has 3 aromatic rings. The van der Waals surface area contributed by atoms with Gasteiger partial charge in [0.05, 0.1) is 18.8 Å². The molecule has 2 aromatic carbocycles. The monoisotopic (exact) mass is 376 g/mol. The summed E-state index contributed by atoms with van der Waals surface area (Å²) in [6.07, 6.45) is 2.45. The summed E-state index contributed by atoms with van der Waals surface area (Å²) in [5.41, 5.74) is 4.75. The van der Waals surface area contributed by atoms with Gasteiger partial charge in [-0.2, -0.15) is 0 Å². The first-order chi connectivity index (χ1) is 13.6. The van der Waals surface area contributed by atoms with Gasteiger partial charge in [-0.05, 0) is 38.0 Å². The SMILES string of the molecule is CCC(C)N1C(=O)CCC1c1c(-c2cccc(OC)c2)n(C)c2ccccc12. The van der Waals surface area contributed by atoms with Gasteiger partial charge >= 0.3 is 0 Å². The van der Waals surface area contributed by atoms with Crippen molar-refractivity contribution in [3.63, 3.8) is 0 Å². The van der Waals surface area contributed by atoms with Gasteiger partial charge in [-0.1, -0.05) is 37.3 Å². The van der Waals surface area contributed by atoms with Crippen LogP contribution in [0.1, 0.15) is 44.7 Å². The topological polar surface area (TPSA) is 34.5 Å². The van der Waals surface area contributed by atoms with Crippen LogP contribution in [0.2, 0.25) is 0 Å². The third kappa shape index (κ3) is 2.88. The predicted octanol–water partition coefficient (Wildman–Crippen LogP) is 5.32. The molecule has 2 atom stereocenters. The van der Waals surface area contributed by atoms with E-state index >= 15 is 0 Å². The summed E-state index contributed by atoms with van der Waals surface area (Å²) in [6.45, 7) is 4.31. The van der Waals surface area contributed by atoms with E-state index in [1.807, 2.05) is 12.1 Å². The zero-order valence-corrected chi connectivity index (χ0v) is 17.1. The molecule has 2 heterocycles. The third-order valence-corrected chi connectivity index (χ3v) is 6.14. The average Bonchev–Trinajstić information content (AvgIpc) is 3.25. The van der Waals surface area contributed by atoms with Crippen molar-refractivity contribution < 1.29 is 9.53 Å². The summed E-state index contributed by atoms with van der Waals surface area (Å²) in [5.74, 6) is 1.11. The fourth-order valence-corrected chi connectivity index (χ4v) is 4.61. The van der Waals surface area contributed by atoms with Crippen molar-refractivity contribution in [2.45, 2.75) is 45.2 Å². The second kappa shape index (κ2) is 7.34. The van der Waals surface area contributed by atoms with E-state index in [-0.39, 0.29) is 18.0 Å². The predicted molar refractivity (Wildman–Crippen MR) is 113 cm³/mol. The van der Waals surface area contributed by atoms with Gasteiger partial charge in [-0.3, -0.25) is 4.79 Å². The van der Waals surface area contributed by atoms with Gasteiger partial charge in [-0.25, -0.2) is 0 Å². The molecule has 0 aliphatic carbocycles. The highest BCUT2D eigenvalue weighted by molar-refractivity contribution is 5.94. The number of aromatic nitrogens is 1. The second-order valence-corrected chi connectivity index (χ2v) is 7.68. The molecule has 4 nitrogen and oxygen atoms in total. The van der Waals surface area contributed by atoms with Crippen molar-refractivity contribution in [1.82, 2.24) is 9.47 Å². The Bertz CT molecular complexity index is 1020. The number of para-hydroxylation sites is 1. The van der Waals surface area contributed by atoms with E-state index in [2.05, 4.69) is 66.8 Å². The molecule has 4 heteroatoms. The summed E-state index contributed by atoms with van der Waals surface area (Å²) in [7, 11) is 3.81. The summed E-state index contributed by atoms with van der Waals surface area (Å²) >= 11 is 0. The van der Waals surface area contributed by atoms with Crippen LogP contribution in [0.15, 0.2) is 48.5 Å². The number of hydrogen-bond donors (Lipinski definition) is 0. The number of fused-ring (bicyclic) bond motifs is 1. The molecule has 0 bridgehead atoms. The van der Waals surface area contributed by atoms with Crippen LogP contribution >= 0.6 is 0 Å². The molecule has 4 rings (SSSR count). The van der Waals surface area contributed by atoms with Gasteiger partial charge in [0.2, 0.25) is 5.91 Å². The minimum atomic E-state index is 0.106. The molecule has 1 aromatic heterocycles. The summed E-state index contributed by atoms with van der Waals surface area (Å²) < 4.78 is 7.74. The van der Waals surface area contributed by atoms with Crippen molar-refractivity contribution in [3.8, 4) is 17.0 Å². The van der Waals surface area contributed by atoms with Gasteiger partial charge in [0, 0.05) is 41.5 Å². The fraction of sp³-hybridized carbons (Fsp3) is 0.375. The number of methoxy groups -OCH3 is 1. The largest absolute Gasteiger partial charge is 0.497 e. The number of carbonyl (C=O) groups excluding carboxylic acids is 1. The zero-order valence-electron chi connectivity index (χ0n) is 17.1. The Labute approximate surface area is 166 Å². The molecule has 146 valence electrons. The van der Waals surface area contributed by atoms with Crippen LogP contribution < -0.4 is 4.74 Å². The Morgan fingerprint density at radius 2 is 1.96 bits per heavy atom. The van der Waals surface area contributed by atoms with Gasteiger partial charge < -0.3 is 14.2 Å². The molecule has 0 spiro atoms. The molecule has 0 saturated carbocycles. The van der Waals surface area contributed by atoms with Gasteiger partial charge in [-0.15, -0.1) is 0 Å². The third-order valence-electron chi connectivity index (χ3n) is 6.14. The lowest BCUT2D eigenvalue weighted by molar-refractivity contribution is -0.131. The number of likely N-dealkylation sites (tertiary alicyclic amines) is 1. The van der Waals surface area contributed by atoms with Crippen LogP contribution in [0, 0.1) is 0 Å². The molecule has 1 amide bonds. The smallest absolute Gasteiger partial charge is 0.223 e. The second-order valence-electron chi connectivity index (χ2n) is 7.68. The molecule has 1 fully saturated rings. The van der Waals surface area contributed by atoms with Crippen LogP contribution in [0.25, 0.3) is 22.2 Å². The van der Waals surface area contributed by atoms with E-state index in [0.29, 0.717) is 6.42 Å². The first-order valence-corrected chi connectivity index (χ1v) is 10.1. The van der Waals surface area contributed by atoms with Crippen molar-refractivity contribution in [3.05, 3.63) is 54.1 Å². The highest BCUT2D eigenvalue weighted by Crippen LogP contribution is 2.45. The molecule has 28 heavy (non-hydrogen) atoms. The van der Waals surface area contributed by atoms with Crippen molar-refractivity contribution >= 4 is 16.8 Å². The Morgan fingerprint density at radius 1 is 1.18 bits per heavy atom. The van der Waals surface area contributed by atoms with Crippen molar-refractivity contribution in [1.29, 1.82) is 0 Å². The standard InChI is InChI=1S/C24H28N2O2/c1-5-16(2)26-21(13-14-22(26)27)23-19-11-6-7-12-20(19)25(3)24(23)17-9-8-10-18(15-17)28-4/h6-12,15-16,21H,5,13-14H2,1-4H3. The van der Waals surface area contributed by atoms with Crippen LogP contribution in [-0.4, -0.2) is 28.5 Å². The number of carbonyl (C=O) groups is 1. The number of aryl methyl sites for hydroxylation is 1. The Morgan fingerprint density at radius 3 is 2.71 bits per heavy atom. The van der Waals surface area contributed by atoms with Crippen LogP contribution in [0.4, 0.5) is 0 Å². The Hall–Kier alpha value is -2.75. The van der Waals surface area contributed by atoms with Crippen LogP contribution in [0.5, 0.6) is 5.75 Å². The van der Waals surface area contributed by atoms with E-state index in [4.69, 9.17) is 4.74 Å². The lowest BCUT2D eigenvalue weighted by Crippen LogP contribution is -2.35. The van der Waals surface area contributed by atoms with Gasteiger partial charge in [0.25, 0.3) is 0 Å².